The number of H-pyrrole nitrogens is 1. The lowest BCUT2D eigenvalue weighted by Gasteiger charge is -2.03. The van der Waals surface area contributed by atoms with Crippen molar-refractivity contribution in [2.75, 3.05) is 0 Å². The van der Waals surface area contributed by atoms with E-state index in [1.54, 1.807) is 0 Å². The first-order valence-corrected chi connectivity index (χ1v) is 5.18. The van der Waals surface area contributed by atoms with Crippen LogP contribution in [0.5, 0.6) is 0 Å². The predicted octanol–water partition coefficient (Wildman–Crippen LogP) is 2.78. The third-order valence-electron chi connectivity index (χ3n) is 2.17. The summed E-state index contributed by atoms with van der Waals surface area (Å²) in [5.74, 6) is -3.19. The van der Waals surface area contributed by atoms with Crippen molar-refractivity contribution in [1.82, 2.24) is 9.97 Å². The number of rotatable bonds is 2. The number of halogens is 2. The molecular weight excluding hydrogens is 262 g/mol. The molecule has 0 fully saturated rings. The number of benzene rings is 1. The Morgan fingerprint density at radius 1 is 1.28 bits per heavy atom. The summed E-state index contributed by atoms with van der Waals surface area (Å²) in [7, 11) is 0. The van der Waals surface area contributed by atoms with Gasteiger partial charge in [0.25, 0.3) is 0 Å². The molecule has 4 nitrogen and oxygen atoms in total. The Morgan fingerprint density at radius 3 is 2.61 bits per heavy atom. The van der Waals surface area contributed by atoms with Crippen molar-refractivity contribution in [2.45, 2.75) is 0 Å². The van der Waals surface area contributed by atoms with E-state index in [-0.39, 0.29) is 21.7 Å². The Kier molecular flexibility index (Phi) is 3.15. The van der Waals surface area contributed by atoms with Gasteiger partial charge in [0.1, 0.15) is 16.2 Å². The van der Waals surface area contributed by atoms with Crippen LogP contribution in [0.15, 0.2) is 24.3 Å². The number of nitrogens with zero attached hydrogens (tertiary/aromatic N) is 1. The summed E-state index contributed by atoms with van der Waals surface area (Å²) in [6.07, 6.45) is 0. The summed E-state index contributed by atoms with van der Waals surface area (Å²) in [5, 5.41) is 8.84. The molecule has 0 radical (unpaired) electrons. The summed E-state index contributed by atoms with van der Waals surface area (Å²) in [6, 6.07) is 4.28. The normalized spacial score (nSPS) is 10.3. The molecule has 2 N–H and O–H groups in total. The molecule has 0 aliphatic rings. The van der Waals surface area contributed by atoms with Gasteiger partial charge in [0.2, 0.25) is 0 Å². The lowest BCUT2D eigenvalue weighted by atomic mass is 10.2. The second-order valence-corrected chi connectivity index (χ2v) is 3.83. The maximum Gasteiger partial charge on any atom is 0.352 e. The first kappa shape index (κ1) is 12.3. The van der Waals surface area contributed by atoms with E-state index < -0.39 is 17.6 Å². The van der Waals surface area contributed by atoms with E-state index in [2.05, 4.69) is 9.97 Å². The third kappa shape index (κ3) is 2.40. The van der Waals surface area contributed by atoms with Gasteiger partial charge in [-0.15, -0.1) is 0 Å². The quantitative estimate of drug-likeness (QED) is 0.822. The van der Waals surface area contributed by atoms with Crippen molar-refractivity contribution in [3.8, 4) is 11.4 Å². The minimum Gasteiger partial charge on any atom is -0.477 e. The minimum absolute atomic E-state index is 0.0471. The van der Waals surface area contributed by atoms with E-state index in [9.17, 15) is 13.6 Å². The van der Waals surface area contributed by atoms with Crippen LogP contribution in [0.25, 0.3) is 11.4 Å². The molecule has 18 heavy (non-hydrogen) atoms. The molecule has 0 amide bonds. The second-order valence-electron chi connectivity index (χ2n) is 3.42. The van der Waals surface area contributed by atoms with Gasteiger partial charge < -0.3 is 10.1 Å². The highest BCUT2D eigenvalue weighted by atomic mass is 32.1. The van der Waals surface area contributed by atoms with Gasteiger partial charge >= 0.3 is 5.97 Å². The number of nitrogens with one attached hydrogen (secondary N) is 1. The minimum atomic E-state index is -1.22. The zero-order chi connectivity index (χ0) is 13.3. The number of aromatic carboxylic acids is 1. The zero-order valence-electron chi connectivity index (χ0n) is 8.78. The average molecular weight is 268 g/mol. The third-order valence-corrected chi connectivity index (χ3v) is 2.38. The molecular formula is C11H6F2N2O2S. The van der Waals surface area contributed by atoms with Crippen molar-refractivity contribution in [2.24, 2.45) is 0 Å². The topological polar surface area (TPSA) is 66.0 Å². The van der Waals surface area contributed by atoms with E-state index in [4.69, 9.17) is 17.3 Å². The molecule has 1 aromatic heterocycles. The maximum atomic E-state index is 13.1. The van der Waals surface area contributed by atoms with E-state index in [1.165, 1.54) is 12.1 Å². The Hall–Kier alpha value is -2.15. The standard InChI is InChI=1S/C11H6F2N2O2S/c12-6-2-1-5(3-7(6)13)10-14-8(11(16)17)4-9(18)15-10/h1-4H,(H,16,17)(H,14,15,18). The van der Waals surface area contributed by atoms with Crippen LogP contribution in [0.3, 0.4) is 0 Å². The van der Waals surface area contributed by atoms with Gasteiger partial charge in [-0.3, -0.25) is 0 Å². The number of carbonyl (C=O) groups is 1. The van der Waals surface area contributed by atoms with Crippen LogP contribution >= 0.6 is 12.2 Å². The molecule has 0 aliphatic heterocycles. The number of hydrogen-bond donors (Lipinski definition) is 2. The molecule has 0 spiro atoms. The predicted molar refractivity (Wildman–Crippen MR) is 61.7 cm³/mol. The first-order chi connectivity index (χ1) is 8.47. The fourth-order valence-electron chi connectivity index (χ4n) is 1.35. The van der Waals surface area contributed by atoms with E-state index in [0.717, 1.165) is 12.1 Å². The number of carboxylic acids is 1. The number of aromatic amines is 1. The van der Waals surface area contributed by atoms with Crippen molar-refractivity contribution in [3.05, 3.63) is 46.2 Å². The molecule has 0 saturated carbocycles. The summed E-state index contributed by atoms with van der Waals surface area (Å²) in [4.78, 5) is 17.2. The van der Waals surface area contributed by atoms with Gasteiger partial charge in [0.15, 0.2) is 11.6 Å². The molecule has 0 saturated heterocycles. The van der Waals surface area contributed by atoms with E-state index in [1.807, 2.05) is 0 Å². The van der Waals surface area contributed by atoms with Crippen molar-refractivity contribution < 1.29 is 18.7 Å². The van der Waals surface area contributed by atoms with Gasteiger partial charge in [-0.25, -0.2) is 18.6 Å². The number of hydrogen-bond acceptors (Lipinski definition) is 3. The van der Waals surface area contributed by atoms with Gasteiger partial charge in [-0.2, -0.15) is 0 Å². The molecule has 2 rings (SSSR count). The van der Waals surface area contributed by atoms with Crippen LogP contribution in [-0.4, -0.2) is 21.0 Å². The molecule has 1 aromatic carbocycles. The Labute approximate surface area is 105 Å². The fraction of sp³-hybridized carbons (Fsp3) is 0. The van der Waals surface area contributed by atoms with Crippen molar-refractivity contribution >= 4 is 18.2 Å². The first-order valence-electron chi connectivity index (χ1n) is 4.77. The molecule has 0 unspecified atom stereocenters. The van der Waals surface area contributed by atoms with E-state index in [0.29, 0.717) is 0 Å². The van der Waals surface area contributed by atoms with Crippen molar-refractivity contribution in [1.29, 1.82) is 0 Å². The van der Waals surface area contributed by atoms with Crippen LogP contribution in [0.4, 0.5) is 8.78 Å². The highest BCUT2D eigenvalue weighted by Gasteiger charge is 2.09. The lowest BCUT2D eigenvalue weighted by molar-refractivity contribution is 0.0690. The molecule has 1 heterocycles. The Morgan fingerprint density at radius 2 is 2.00 bits per heavy atom. The summed E-state index contributed by atoms with van der Waals surface area (Å²) < 4.78 is 25.9. The number of carboxylic acid groups (broad SMARTS) is 1. The van der Waals surface area contributed by atoms with Crippen LogP contribution in [-0.2, 0) is 0 Å². The molecule has 0 bridgehead atoms. The molecule has 0 aliphatic carbocycles. The highest BCUT2D eigenvalue weighted by Crippen LogP contribution is 2.18. The Balaban J connectivity index is 2.60. The van der Waals surface area contributed by atoms with Crippen LogP contribution in [0.1, 0.15) is 10.5 Å². The van der Waals surface area contributed by atoms with Crippen LogP contribution in [0, 0.1) is 16.3 Å². The highest BCUT2D eigenvalue weighted by molar-refractivity contribution is 7.71. The Bertz CT molecular complexity index is 685. The second kappa shape index (κ2) is 4.61. The SMILES string of the molecule is O=C(O)c1cc(=S)nc(-c2ccc(F)c(F)c2)[nH]1. The fourth-order valence-corrected chi connectivity index (χ4v) is 1.56. The monoisotopic (exact) mass is 268 g/mol. The molecule has 7 heteroatoms. The van der Waals surface area contributed by atoms with Gasteiger partial charge in [0.05, 0.1) is 0 Å². The van der Waals surface area contributed by atoms with Gasteiger partial charge in [-0.1, -0.05) is 12.2 Å². The van der Waals surface area contributed by atoms with Gasteiger partial charge in [0, 0.05) is 11.6 Å². The van der Waals surface area contributed by atoms with Crippen molar-refractivity contribution in [3.63, 3.8) is 0 Å². The van der Waals surface area contributed by atoms with Gasteiger partial charge in [-0.05, 0) is 18.2 Å². The summed E-state index contributed by atoms with van der Waals surface area (Å²) in [6.45, 7) is 0. The molecule has 2 aromatic rings. The maximum absolute atomic E-state index is 13.1. The summed E-state index contributed by atoms with van der Waals surface area (Å²) in [5.41, 5.74) is 0.0397. The van der Waals surface area contributed by atoms with E-state index >= 15 is 0 Å². The lowest BCUT2D eigenvalue weighted by Crippen LogP contribution is -2.03. The molecule has 0 atom stereocenters. The zero-order valence-corrected chi connectivity index (χ0v) is 9.59. The largest absolute Gasteiger partial charge is 0.477 e. The summed E-state index contributed by atoms with van der Waals surface area (Å²) >= 11 is 4.80. The molecule has 92 valence electrons. The van der Waals surface area contributed by atoms with Crippen LogP contribution in [0.2, 0.25) is 0 Å². The average Bonchev–Trinajstić information content (AvgIpc) is 2.31. The smallest absolute Gasteiger partial charge is 0.352 e. The number of aromatic nitrogens is 2. The van der Waals surface area contributed by atoms with Crippen LogP contribution < -0.4 is 0 Å².